The fourth-order valence-corrected chi connectivity index (χ4v) is 1.68. The normalized spacial score (nSPS) is 11.4. The van der Waals surface area contributed by atoms with Gasteiger partial charge in [-0.1, -0.05) is 15.9 Å². The van der Waals surface area contributed by atoms with Crippen molar-refractivity contribution in [2.24, 2.45) is 0 Å². The van der Waals surface area contributed by atoms with Crippen molar-refractivity contribution >= 4 is 33.6 Å². The van der Waals surface area contributed by atoms with Crippen LogP contribution in [-0.4, -0.2) is 23.5 Å². The Morgan fingerprint density at radius 1 is 1.53 bits per heavy atom. The Labute approximate surface area is 113 Å². The summed E-state index contributed by atoms with van der Waals surface area (Å²) in [6.45, 7) is 4.55. The van der Waals surface area contributed by atoms with Gasteiger partial charge < -0.3 is 5.32 Å². The minimum absolute atomic E-state index is 0.0541. The van der Waals surface area contributed by atoms with E-state index in [9.17, 15) is 9.18 Å². The zero-order valence-corrected chi connectivity index (χ0v) is 12.4. The number of halogens is 2. The number of hydrogen-bond donors (Lipinski definition) is 1. The number of amides is 1. The summed E-state index contributed by atoms with van der Waals surface area (Å²) in [5, 5.41) is 2.74. The lowest BCUT2D eigenvalue weighted by atomic mass is 10.1. The highest BCUT2D eigenvalue weighted by Gasteiger charge is 2.18. The van der Waals surface area contributed by atoms with Crippen molar-refractivity contribution in [3.05, 3.63) is 34.1 Å². The Balaban J connectivity index is 2.71. The number of rotatable bonds is 4. The maximum absolute atomic E-state index is 13.5. The Hall–Kier alpha value is -0.550. The summed E-state index contributed by atoms with van der Waals surface area (Å²) >= 11 is 4.81. The van der Waals surface area contributed by atoms with Crippen LogP contribution in [0.2, 0.25) is 0 Å². The first-order chi connectivity index (χ1) is 7.85. The molecule has 1 amide bonds. The van der Waals surface area contributed by atoms with E-state index < -0.39 is 5.82 Å². The molecule has 0 unspecified atom stereocenters. The zero-order valence-electron chi connectivity index (χ0n) is 10.0. The lowest BCUT2D eigenvalue weighted by Gasteiger charge is -2.22. The molecule has 1 rings (SSSR count). The van der Waals surface area contributed by atoms with Crippen molar-refractivity contribution in [1.82, 2.24) is 5.32 Å². The topological polar surface area (TPSA) is 29.1 Å². The van der Waals surface area contributed by atoms with Crippen molar-refractivity contribution in [2.75, 3.05) is 12.8 Å². The van der Waals surface area contributed by atoms with E-state index in [1.807, 2.05) is 20.1 Å². The molecule has 0 heterocycles. The highest BCUT2D eigenvalue weighted by Crippen LogP contribution is 2.20. The van der Waals surface area contributed by atoms with Gasteiger partial charge in [0.1, 0.15) is 5.82 Å². The van der Waals surface area contributed by atoms with Gasteiger partial charge in [0.25, 0.3) is 5.91 Å². The molecule has 17 heavy (non-hydrogen) atoms. The Bertz CT molecular complexity index is 423. The van der Waals surface area contributed by atoms with Crippen molar-refractivity contribution < 1.29 is 9.18 Å². The summed E-state index contributed by atoms with van der Waals surface area (Å²) in [7, 11) is 0. The number of nitrogens with one attached hydrogen (secondary N) is 1. The van der Waals surface area contributed by atoms with Crippen molar-refractivity contribution in [3.8, 4) is 0 Å². The molecule has 0 aromatic heterocycles. The second kappa shape index (κ2) is 5.87. The van der Waals surface area contributed by atoms with Crippen LogP contribution < -0.4 is 5.32 Å². The fraction of sp³-hybridized carbons (Fsp3) is 0.417. The Kier molecular flexibility index (Phi) is 5.01. The third-order valence-corrected chi connectivity index (χ3v) is 4.15. The molecule has 0 aliphatic heterocycles. The summed E-state index contributed by atoms with van der Waals surface area (Å²) in [5.41, 5.74) is 0.0742. The molecule has 0 aliphatic rings. The highest BCUT2D eigenvalue weighted by molar-refractivity contribution is 9.10. The molecule has 0 spiro atoms. The van der Waals surface area contributed by atoms with Crippen LogP contribution in [0.3, 0.4) is 0 Å². The molecule has 1 N–H and O–H groups in total. The quantitative estimate of drug-likeness (QED) is 0.920. The number of carbonyl (C=O) groups excluding carboxylic acids is 1. The molecule has 0 bridgehead atoms. The molecular formula is C12H15BrFNOS. The van der Waals surface area contributed by atoms with Gasteiger partial charge in [0.05, 0.1) is 5.56 Å². The van der Waals surface area contributed by atoms with Gasteiger partial charge in [-0.2, -0.15) is 11.8 Å². The number of benzene rings is 1. The predicted molar refractivity (Wildman–Crippen MR) is 74.0 cm³/mol. The fourth-order valence-electron chi connectivity index (χ4n) is 1.13. The lowest BCUT2D eigenvalue weighted by Crippen LogP contribution is -2.36. The first kappa shape index (κ1) is 14.5. The summed E-state index contributed by atoms with van der Waals surface area (Å²) in [5.74, 6) is -0.893. The molecule has 1 aromatic carbocycles. The van der Waals surface area contributed by atoms with E-state index in [0.29, 0.717) is 11.0 Å². The van der Waals surface area contributed by atoms with E-state index in [4.69, 9.17) is 0 Å². The predicted octanol–water partition coefficient (Wildman–Crippen LogP) is 3.46. The average molecular weight is 320 g/mol. The zero-order chi connectivity index (χ0) is 13.1. The highest BCUT2D eigenvalue weighted by atomic mass is 79.9. The third kappa shape index (κ3) is 4.32. The van der Waals surface area contributed by atoms with Crippen LogP contribution in [0, 0.1) is 5.82 Å². The number of carbonyl (C=O) groups is 1. The van der Waals surface area contributed by atoms with Crippen LogP contribution in [0.5, 0.6) is 0 Å². The van der Waals surface area contributed by atoms with Crippen molar-refractivity contribution in [3.63, 3.8) is 0 Å². The average Bonchev–Trinajstić information content (AvgIpc) is 2.26. The largest absolute Gasteiger partial charge is 0.351 e. The van der Waals surface area contributed by atoms with E-state index in [2.05, 4.69) is 21.2 Å². The smallest absolute Gasteiger partial charge is 0.254 e. The molecule has 5 heteroatoms. The van der Waals surface area contributed by atoms with E-state index >= 15 is 0 Å². The molecule has 0 atom stereocenters. The molecule has 0 aliphatic carbocycles. The summed E-state index contributed by atoms with van der Waals surface area (Å²) < 4.78 is 14.1. The van der Waals surface area contributed by atoms with Crippen molar-refractivity contribution in [1.29, 1.82) is 0 Å². The molecule has 2 nitrogen and oxygen atoms in total. The lowest BCUT2D eigenvalue weighted by molar-refractivity contribution is 0.0947. The van der Waals surface area contributed by atoms with Crippen LogP contribution >= 0.6 is 27.7 Å². The molecule has 1 aromatic rings. The van der Waals surface area contributed by atoms with Gasteiger partial charge >= 0.3 is 0 Å². The molecule has 0 radical (unpaired) electrons. The minimum Gasteiger partial charge on any atom is -0.351 e. The van der Waals surface area contributed by atoms with Crippen LogP contribution in [0.25, 0.3) is 0 Å². The Morgan fingerprint density at radius 3 is 2.71 bits per heavy atom. The monoisotopic (exact) mass is 319 g/mol. The van der Waals surface area contributed by atoms with Gasteiger partial charge in [-0.3, -0.25) is 4.79 Å². The summed E-state index contributed by atoms with van der Waals surface area (Å²) in [6.07, 6.45) is 1.98. The third-order valence-electron chi connectivity index (χ3n) is 2.40. The Morgan fingerprint density at radius 2 is 2.18 bits per heavy atom. The van der Waals surface area contributed by atoms with Crippen molar-refractivity contribution in [2.45, 2.75) is 18.6 Å². The second-order valence-corrected chi connectivity index (χ2v) is 6.70. The van der Waals surface area contributed by atoms with Gasteiger partial charge in [0, 0.05) is 15.8 Å². The number of hydrogen-bond acceptors (Lipinski definition) is 2. The van der Waals surface area contributed by atoms with Gasteiger partial charge in [-0.05, 0) is 38.3 Å². The van der Waals surface area contributed by atoms with Gasteiger partial charge in [-0.15, -0.1) is 0 Å². The second-order valence-electron chi connectivity index (χ2n) is 4.27. The maximum Gasteiger partial charge on any atom is 0.254 e. The van der Waals surface area contributed by atoms with Gasteiger partial charge in [0.15, 0.2) is 0 Å². The molecule has 0 saturated carbocycles. The summed E-state index contributed by atoms with van der Waals surface area (Å²) in [6, 6.07) is 4.41. The molecule has 0 fully saturated rings. The first-order valence-corrected chi connectivity index (χ1v) is 7.16. The van der Waals surface area contributed by atoms with Gasteiger partial charge in [0.2, 0.25) is 0 Å². The van der Waals surface area contributed by atoms with E-state index in [1.165, 1.54) is 12.1 Å². The van der Waals surface area contributed by atoms with E-state index in [-0.39, 0.29) is 16.2 Å². The standard InChI is InChI=1S/C12H15BrFNOS/c1-12(2,17-3)7-15-11(16)9-5-4-8(13)6-10(9)14/h4-6H,7H2,1-3H3,(H,15,16). The van der Waals surface area contributed by atoms with Gasteiger partial charge in [-0.25, -0.2) is 4.39 Å². The molecule has 94 valence electrons. The minimum atomic E-state index is -0.515. The summed E-state index contributed by atoms with van der Waals surface area (Å²) in [4.78, 5) is 11.8. The van der Waals surface area contributed by atoms with Crippen LogP contribution in [0.1, 0.15) is 24.2 Å². The first-order valence-electron chi connectivity index (χ1n) is 5.14. The maximum atomic E-state index is 13.5. The molecular weight excluding hydrogens is 305 g/mol. The van der Waals surface area contributed by atoms with Crippen LogP contribution in [-0.2, 0) is 0 Å². The number of thioether (sulfide) groups is 1. The van der Waals surface area contributed by atoms with E-state index in [0.717, 1.165) is 0 Å². The van der Waals surface area contributed by atoms with E-state index in [1.54, 1.807) is 17.8 Å². The molecule has 0 saturated heterocycles. The van der Waals surface area contributed by atoms with Crippen LogP contribution in [0.15, 0.2) is 22.7 Å². The van der Waals surface area contributed by atoms with Crippen LogP contribution in [0.4, 0.5) is 4.39 Å². The SMILES string of the molecule is CSC(C)(C)CNC(=O)c1ccc(Br)cc1F.